The lowest BCUT2D eigenvalue weighted by Crippen LogP contribution is -2.48. The van der Waals surface area contributed by atoms with Crippen molar-refractivity contribution >= 4 is 34.1 Å². The first-order valence-electron chi connectivity index (χ1n) is 5.98. The molecule has 0 amide bonds. The summed E-state index contributed by atoms with van der Waals surface area (Å²) in [5, 5.41) is 1.25. The molecule has 2 fully saturated rings. The number of rotatable bonds is 2. The van der Waals surface area contributed by atoms with Gasteiger partial charge in [0.1, 0.15) is 5.00 Å². The molecular formula is C11H17N3OS2. The quantitative estimate of drug-likeness (QED) is 0.836. The average Bonchev–Trinajstić information content (AvgIpc) is 2.94. The molecule has 1 saturated heterocycles. The van der Waals surface area contributed by atoms with E-state index in [1.807, 2.05) is 0 Å². The minimum absolute atomic E-state index is 0.418. The van der Waals surface area contributed by atoms with Crippen molar-refractivity contribution in [1.82, 2.24) is 4.37 Å². The summed E-state index contributed by atoms with van der Waals surface area (Å²) in [5.74, 6) is 0.679. The van der Waals surface area contributed by atoms with Crippen LogP contribution < -0.4 is 10.6 Å². The predicted octanol–water partition coefficient (Wildman–Crippen LogP) is 2.20. The highest BCUT2D eigenvalue weighted by Crippen LogP contribution is 2.42. The summed E-state index contributed by atoms with van der Waals surface area (Å²) in [4.78, 5) is 3.61. The zero-order chi connectivity index (χ0) is 11.8. The van der Waals surface area contributed by atoms with E-state index in [0.717, 1.165) is 18.0 Å². The zero-order valence-electron chi connectivity index (χ0n) is 9.89. The Balaban J connectivity index is 1.91. The number of fused-ring (bicyclic) bond motifs is 1. The van der Waals surface area contributed by atoms with Crippen molar-refractivity contribution in [1.29, 1.82) is 0 Å². The first kappa shape index (κ1) is 11.6. The molecule has 1 saturated carbocycles. The van der Waals surface area contributed by atoms with E-state index in [1.54, 1.807) is 11.8 Å². The highest BCUT2D eigenvalue weighted by Gasteiger charge is 2.37. The van der Waals surface area contributed by atoms with Gasteiger partial charge in [-0.05, 0) is 37.1 Å². The van der Waals surface area contributed by atoms with Crippen LogP contribution in [0.4, 0.5) is 10.8 Å². The lowest BCUT2D eigenvalue weighted by atomic mass is 10.1. The van der Waals surface area contributed by atoms with Crippen LogP contribution in [-0.4, -0.2) is 35.9 Å². The fourth-order valence-corrected chi connectivity index (χ4v) is 4.60. The number of anilines is 2. The summed E-state index contributed by atoms with van der Waals surface area (Å²) in [6.07, 6.45) is 6.19. The second-order valence-corrected chi connectivity index (χ2v) is 6.08. The Kier molecular flexibility index (Phi) is 3.19. The van der Waals surface area contributed by atoms with Crippen molar-refractivity contribution in [2.75, 3.05) is 30.0 Å². The summed E-state index contributed by atoms with van der Waals surface area (Å²) in [6.45, 7) is 1.79. The van der Waals surface area contributed by atoms with E-state index in [4.69, 9.17) is 10.5 Å². The fourth-order valence-electron chi connectivity index (χ4n) is 2.84. The van der Waals surface area contributed by atoms with E-state index in [-0.39, 0.29) is 0 Å². The SMILES string of the molecule is CSc1c(N)nsc1N1CCOC2CCCC21. The Morgan fingerprint density at radius 2 is 2.41 bits per heavy atom. The number of ether oxygens (including phenoxy) is 1. The molecule has 1 aromatic heterocycles. The number of nitrogen functional groups attached to an aromatic ring is 1. The van der Waals surface area contributed by atoms with Crippen LogP contribution in [0.5, 0.6) is 0 Å². The van der Waals surface area contributed by atoms with Gasteiger partial charge in [-0.1, -0.05) is 0 Å². The lowest BCUT2D eigenvalue weighted by Gasteiger charge is -2.38. The number of thioether (sulfide) groups is 1. The van der Waals surface area contributed by atoms with Crippen molar-refractivity contribution in [2.45, 2.75) is 36.3 Å². The molecule has 1 aromatic rings. The molecule has 0 bridgehead atoms. The molecule has 3 rings (SSSR count). The predicted molar refractivity (Wildman–Crippen MR) is 73.0 cm³/mol. The molecule has 4 nitrogen and oxygen atoms in total. The van der Waals surface area contributed by atoms with Crippen molar-refractivity contribution in [3.05, 3.63) is 0 Å². The number of morpholine rings is 1. The van der Waals surface area contributed by atoms with E-state index in [1.165, 1.54) is 35.8 Å². The van der Waals surface area contributed by atoms with Crippen LogP contribution in [0.3, 0.4) is 0 Å². The molecule has 0 radical (unpaired) electrons. The summed E-state index contributed by atoms with van der Waals surface area (Å²) in [6, 6.07) is 0.537. The van der Waals surface area contributed by atoms with E-state index >= 15 is 0 Å². The van der Waals surface area contributed by atoms with E-state index < -0.39 is 0 Å². The van der Waals surface area contributed by atoms with Gasteiger partial charge in [-0.15, -0.1) is 11.8 Å². The average molecular weight is 271 g/mol. The largest absolute Gasteiger partial charge is 0.382 e. The molecule has 2 aliphatic rings. The Bertz CT molecular complexity index is 409. The molecule has 2 N–H and O–H groups in total. The van der Waals surface area contributed by atoms with Crippen molar-refractivity contribution in [3.63, 3.8) is 0 Å². The van der Waals surface area contributed by atoms with Crippen molar-refractivity contribution in [3.8, 4) is 0 Å². The standard InChI is InChI=1S/C11H17N3OS2/c1-16-9-10(12)13-17-11(9)14-5-6-15-8-4-2-3-7(8)14/h7-8H,2-6H2,1H3,(H2,12,13). The molecule has 94 valence electrons. The van der Waals surface area contributed by atoms with E-state index in [9.17, 15) is 0 Å². The molecule has 1 aliphatic carbocycles. The van der Waals surface area contributed by atoms with Gasteiger partial charge in [0.2, 0.25) is 0 Å². The third-order valence-electron chi connectivity index (χ3n) is 3.60. The number of aromatic nitrogens is 1. The Hall–Kier alpha value is -0.460. The van der Waals surface area contributed by atoms with Gasteiger partial charge in [0.05, 0.1) is 23.6 Å². The summed E-state index contributed by atoms with van der Waals surface area (Å²) >= 11 is 3.23. The van der Waals surface area contributed by atoms with Gasteiger partial charge >= 0.3 is 0 Å². The van der Waals surface area contributed by atoms with Crippen LogP contribution in [0.2, 0.25) is 0 Å². The van der Waals surface area contributed by atoms with Gasteiger partial charge in [0, 0.05) is 6.54 Å². The highest BCUT2D eigenvalue weighted by atomic mass is 32.2. The van der Waals surface area contributed by atoms with Gasteiger partial charge in [-0.3, -0.25) is 0 Å². The number of hydrogen-bond acceptors (Lipinski definition) is 6. The molecule has 2 atom stereocenters. The van der Waals surface area contributed by atoms with Crippen molar-refractivity contribution in [2.24, 2.45) is 0 Å². The van der Waals surface area contributed by atoms with Gasteiger partial charge < -0.3 is 15.4 Å². The second-order valence-electron chi connectivity index (χ2n) is 4.51. The lowest BCUT2D eigenvalue weighted by molar-refractivity contribution is 0.0257. The van der Waals surface area contributed by atoms with Gasteiger partial charge in [-0.25, -0.2) is 0 Å². The summed E-state index contributed by atoms with van der Waals surface area (Å²) in [7, 11) is 0. The second kappa shape index (κ2) is 4.66. The van der Waals surface area contributed by atoms with Crippen LogP contribution in [0.1, 0.15) is 19.3 Å². The van der Waals surface area contributed by atoms with Crippen molar-refractivity contribution < 1.29 is 4.74 Å². The minimum atomic E-state index is 0.418. The molecular weight excluding hydrogens is 254 g/mol. The van der Waals surface area contributed by atoms with Crippen LogP contribution in [0.15, 0.2) is 4.90 Å². The molecule has 6 heteroatoms. The normalized spacial score (nSPS) is 28.4. The minimum Gasteiger partial charge on any atom is -0.382 e. The number of nitrogens with two attached hydrogens (primary N) is 1. The van der Waals surface area contributed by atoms with Crippen LogP contribution in [0, 0.1) is 0 Å². The molecule has 0 aromatic carbocycles. The maximum atomic E-state index is 5.92. The van der Waals surface area contributed by atoms with E-state index in [2.05, 4.69) is 15.5 Å². The number of nitrogens with zero attached hydrogens (tertiary/aromatic N) is 2. The Labute approximate surface area is 110 Å². The first-order valence-corrected chi connectivity index (χ1v) is 7.98. The summed E-state index contributed by atoms with van der Waals surface area (Å²) in [5.41, 5.74) is 5.92. The zero-order valence-corrected chi connectivity index (χ0v) is 11.5. The first-order chi connectivity index (χ1) is 8.31. The van der Waals surface area contributed by atoms with Crippen LogP contribution >= 0.6 is 23.3 Å². The topological polar surface area (TPSA) is 51.4 Å². The van der Waals surface area contributed by atoms with Gasteiger partial charge in [0.15, 0.2) is 5.82 Å². The maximum absolute atomic E-state index is 5.92. The third kappa shape index (κ3) is 1.92. The van der Waals surface area contributed by atoms with Crippen LogP contribution in [-0.2, 0) is 4.74 Å². The Morgan fingerprint density at radius 1 is 1.53 bits per heavy atom. The Morgan fingerprint density at radius 3 is 3.24 bits per heavy atom. The van der Waals surface area contributed by atoms with Crippen LogP contribution in [0.25, 0.3) is 0 Å². The molecule has 2 unspecified atom stereocenters. The molecule has 1 aliphatic heterocycles. The van der Waals surface area contributed by atoms with Gasteiger partial charge in [0.25, 0.3) is 0 Å². The van der Waals surface area contributed by atoms with Gasteiger partial charge in [-0.2, -0.15) is 4.37 Å². The third-order valence-corrected chi connectivity index (χ3v) is 5.44. The molecule has 17 heavy (non-hydrogen) atoms. The smallest absolute Gasteiger partial charge is 0.153 e. The number of hydrogen-bond donors (Lipinski definition) is 1. The maximum Gasteiger partial charge on any atom is 0.153 e. The monoisotopic (exact) mass is 271 g/mol. The van der Waals surface area contributed by atoms with E-state index in [0.29, 0.717) is 18.0 Å². The highest BCUT2D eigenvalue weighted by molar-refractivity contribution is 7.99. The molecule has 0 spiro atoms. The molecule has 2 heterocycles. The summed E-state index contributed by atoms with van der Waals surface area (Å²) < 4.78 is 10.1. The fraction of sp³-hybridized carbons (Fsp3) is 0.727.